The van der Waals surface area contributed by atoms with E-state index in [-0.39, 0.29) is 4.90 Å². The molecule has 0 fully saturated rings. The third-order valence-corrected chi connectivity index (χ3v) is 7.71. The van der Waals surface area contributed by atoms with E-state index in [1.165, 1.54) is 30.6 Å². The monoisotopic (exact) mass is 497 g/mol. The van der Waals surface area contributed by atoms with Gasteiger partial charge in [0.15, 0.2) is 0 Å². The van der Waals surface area contributed by atoms with Gasteiger partial charge in [-0.2, -0.15) is 3.97 Å². The van der Waals surface area contributed by atoms with Gasteiger partial charge >= 0.3 is 0 Å². The zero-order valence-electron chi connectivity index (χ0n) is 13.5. The third kappa shape index (κ3) is 2.63. The fraction of sp³-hybridized carbons (Fsp3) is 0.0556. The number of rotatable bonds is 3. The number of hydrogen-bond donors (Lipinski definition) is 0. The largest absolute Gasteiger partial charge is 0.497 e. The molecule has 8 heteroatoms. The van der Waals surface area contributed by atoms with Crippen LogP contribution in [0.4, 0.5) is 0 Å². The molecule has 4 aromatic rings. The van der Waals surface area contributed by atoms with Crippen LogP contribution in [-0.2, 0) is 10.0 Å². The molecule has 0 aliphatic heterocycles. The van der Waals surface area contributed by atoms with Crippen LogP contribution in [0.1, 0.15) is 0 Å². The van der Waals surface area contributed by atoms with Crippen LogP contribution < -0.4 is 10.3 Å². The van der Waals surface area contributed by atoms with Crippen molar-refractivity contribution in [3.8, 4) is 5.75 Å². The van der Waals surface area contributed by atoms with Crippen molar-refractivity contribution in [3.05, 3.63) is 67.8 Å². The van der Waals surface area contributed by atoms with Gasteiger partial charge in [0.2, 0.25) is 0 Å². The average Bonchev–Trinajstić information content (AvgIpc) is 3.03. The van der Waals surface area contributed by atoms with Crippen LogP contribution in [0.2, 0.25) is 0 Å². The fourth-order valence-electron chi connectivity index (χ4n) is 2.87. The number of fused-ring (bicyclic) bond motifs is 3. The first kappa shape index (κ1) is 17.5. The van der Waals surface area contributed by atoms with Crippen molar-refractivity contribution in [1.82, 2.24) is 3.97 Å². The number of halogens is 1. The Hall–Kier alpha value is -1.91. The summed E-state index contributed by atoms with van der Waals surface area (Å²) >= 11 is 3.60. The van der Waals surface area contributed by atoms with Gasteiger partial charge in [-0.1, -0.05) is 18.2 Å². The third-order valence-electron chi connectivity index (χ3n) is 4.09. The van der Waals surface area contributed by atoms with Gasteiger partial charge < -0.3 is 4.74 Å². The normalized spacial score (nSPS) is 11.9. The second-order valence-electron chi connectivity index (χ2n) is 5.56. The van der Waals surface area contributed by atoms with Gasteiger partial charge in [-0.15, -0.1) is 11.3 Å². The van der Waals surface area contributed by atoms with E-state index in [2.05, 4.69) is 22.6 Å². The van der Waals surface area contributed by atoms with Gasteiger partial charge in [-0.3, -0.25) is 4.79 Å². The number of ether oxygens (including phenoxy) is 1. The molecule has 2 heterocycles. The lowest BCUT2D eigenvalue weighted by Gasteiger charge is -2.11. The molecular formula is C18H12INO4S2. The lowest BCUT2D eigenvalue weighted by molar-refractivity contribution is 0.414. The van der Waals surface area contributed by atoms with Crippen LogP contribution in [0, 0.1) is 2.88 Å². The Kier molecular flexibility index (Phi) is 4.28. The zero-order valence-corrected chi connectivity index (χ0v) is 17.3. The zero-order chi connectivity index (χ0) is 18.5. The summed E-state index contributed by atoms with van der Waals surface area (Å²) in [5.74, 6) is 0.546. The molecule has 0 bridgehead atoms. The molecule has 0 aliphatic carbocycles. The van der Waals surface area contributed by atoms with E-state index in [9.17, 15) is 13.2 Å². The van der Waals surface area contributed by atoms with Crippen LogP contribution in [0.25, 0.3) is 21.0 Å². The molecule has 4 rings (SSSR count). The van der Waals surface area contributed by atoms with Crippen molar-refractivity contribution < 1.29 is 13.2 Å². The predicted octanol–water partition coefficient (Wildman–Crippen LogP) is 4.07. The summed E-state index contributed by atoms with van der Waals surface area (Å²) in [4.78, 5) is 13.1. The highest BCUT2D eigenvalue weighted by atomic mass is 127. The highest BCUT2D eigenvalue weighted by Crippen LogP contribution is 2.33. The van der Waals surface area contributed by atoms with Gasteiger partial charge in [0, 0.05) is 10.8 Å². The van der Waals surface area contributed by atoms with Crippen LogP contribution in [0.15, 0.2) is 64.3 Å². The lowest BCUT2D eigenvalue weighted by Crippen LogP contribution is -2.27. The molecule has 0 amide bonds. The molecule has 2 aromatic heterocycles. The van der Waals surface area contributed by atoms with E-state index in [0.29, 0.717) is 16.7 Å². The van der Waals surface area contributed by atoms with Crippen LogP contribution in [-0.4, -0.2) is 19.5 Å². The van der Waals surface area contributed by atoms with E-state index >= 15 is 0 Å². The van der Waals surface area contributed by atoms with Gasteiger partial charge in [0.05, 0.1) is 25.1 Å². The maximum atomic E-state index is 13.2. The maximum absolute atomic E-state index is 13.2. The molecule has 0 spiro atoms. The van der Waals surface area contributed by atoms with E-state index in [4.69, 9.17) is 4.74 Å². The quantitative estimate of drug-likeness (QED) is 0.401. The summed E-state index contributed by atoms with van der Waals surface area (Å²) in [6.07, 6.45) is 0. The number of aromatic nitrogens is 1. The van der Waals surface area contributed by atoms with Gasteiger partial charge in [0.1, 0.15) is 5.75 Å². The first-order valence-corrected chi connectivity index (χ1v) is 10.9. The molecule has 26 heavy (non-hydrogen) atoms. The van der Waals surface area contributed by atoms with Crippen molar-refractivity contribution in [2.45, 2.75) is 4.90 Å². The second kappa shape index (κ2) is 6.36. The van der Waals surface area contributed by atoms with E-state index < -0.39 is 15.6 Å². The standard InChI is InChI=1S/C18H12INO4S2/c1-24-11-6-8-12(9-7-11)26(22,23)20-15-10-16(19)25-17(15)13-4-2-3-5-14(13)18(20)21/h2-10H,1H3. The summed E-state index contributed by atoms with van der Waals surface area (Å²) in [6, 6.07) is 14.8. The molecule has 0 radical (unpaired) electrons. The van der Waals surface area contributed by atoms with E-state index in [0.717, 1.165) is 16.9 Å². The minimum atomic E-state index is -4.05. The van der Waals surface area contributed by atoms with Gasteiger partial charge in [-0.05, 0) is 59.0 Å². The number of thiophene rings is 1. The summed E-state index contributed by atoms with van der Waals surface area (Å²) < 4.78 is 34.2. The summed E-state index contributed by atoms with van der Waals surface area (Å²) in [5.41, 5.74) is -0.142. The van der Waals surface area contributed by atoms with Crippen molar-refractivity contribution in [2.24, 2.45) is 0 Å². The number of nitrogens with zero attached hydrogens (tertiary/aromatic N) is 1. The molecule has 0 N–H and O–H groups in total. The molecule has 0 unspecified atom stereocenters. The molecule has 132 valence electrons. The Morgan fingerprint density at radius 2 is 1.69 bits per heavy atom. The van der Waals surface area contributed by atoms with Crippen LogP contribution in [0.3, 0.4) is 0 Å². The predicted molar refractivity (Wildman–Crippen MR) is 112 cm³/mol. The Labute approximate surface area is 167 Å². The molecule has 0 aliphatic rings. The number of benzene rings is 2. The molecule has 0 saturated carbocycles. The second-order valence-corrected chi connectivity index (χ2v) is 10.3. The summed E-state index contributed by atoms with van der Waals surface area (Å²) in [6.45, 7) is 0. The Balaban J connectivity index is 2.12. The maximum Gasteiger partial charge on any atom is 0.273 e. The van der Waals surface area contributed by atoms with E-state index in [1.54, 1.807) is 30.3 Å². The smallest absolute Gasteiger partial charge is 0.273 e. The van der Waals surface area contributed by atoms with Crippen LogP contribution >= 0.6 is 33.9 Å². The highest BCUT2D eigenvalue weighted by Gasteiger charge is 2.24. The van der Waals surface area contributed by atoms with Crippen molar-refractivity contribution in [1.29, 1.82) is 0 Å². The SMILES string of the molecule is COc1ccc(S(=O)(=O)n2c(=O)c3ccccc3c3sc(I)cc32)cc1. The summed E-state index contributed by atoms with van der Waals surface area (Å²) in [5, 5.41) is 1.15. The van der Waals surface area contributed by atoms with Gasteiger partial charge in [-0.25, -0.2) is 8.42 Å². The van der Waals surface area contributed by atoms with E-state index in [1.807, 2.05) is 12.1 Å². The van der Waals surface area contributed by atoms with Crippen molar-refractivity contribution in [2.75, 3.05) is 7.11 Å². The number of methoxy groups -OCH3 is 1. The molecule has 2 aromatic carbocycles. The Morgan fingerprint density at radius 3 is 2.35 bits per heavy atom. The van der Waals surface area contributed by atoms with Gasteiger partial charge in [0.25, 0.3) is 15.6 Å². The first-order chi connectivity index (χ1) is 12.4. The molecule has 0 saturated heterocycles. The average molecular weight is 497 g/mol. The number of hydrogen-bond acceptors (Lipinski definition) is 5. The topological polar surface area (TPSA) is 65.4 Å². The highest BCUT2D eigenvalue weighted by molar-refractivity contribution is 14.1. The minimum absolute atomic E-state index is 0.0400. The van der Waals surface area contributed by atoms with Crippen LogP contribution in [0.5, 0.6) is 5.75 Å². The molecule has 5 nitrogen and oxygen atoms in total. The Bertz CT molecular complexity index is 1310. The number of pyridine rings is 1. The molecular weight excluding hydrogens is 485 g/mol. The van der Waals surface area contributed by atoms with Crippen molar-refractivity contribution >= 4 is 64.9 Å². The van der Waals surface area contributed by atoms with Crippen molar-refractivity contribution in [3.63, 3.8) is 0 Å². The minimum Gasteiger partial charge on any atom is -0.497 e. The summed E-state index contributed by atoms with van der Waals surface area (Å²) in [7, 11) is -2.54. The first-order valence-electron chi connectivity index (χ1n) is 7.56. The molecule has 0 atom stereocenters. The fourth-order valence-corrected chi connectivity index (χ4v) is 6.21. The lowest BCUT2D eigenvalue weighted by atomic mass is 10.1. The Morgan fingerprint density at radius 1 is 1.04 bits per heavy atom.